The van der Waals surface area contributed by atoms with Crippen molar-refractivity contribution in [1.29, 1.82) is 0 Å². The van der Waals surface area contributed by atoms with Crippen molar-refractivity contribution in [2.75, 3.05) is 32.6 Å². The van der Waals surface area contributed by atoms with Crippen LogP contribution in [0.4, 0.5) is 5.00 Å². The molecule has 0 bridgehead atoms. The fourth-order valence-electron chi connectivity index (χ4n) is 2.57. The van der Waals surface area contributed by atoms with E-state index in [-0.39, 0.29) is 34.9 Å². The maximum Gasteiger partial charge on any atom is 0.340 e. The third-order valence-electron chi connectivity index (χ3n) is 4.05. The van der Waals surface area contributed by atoms with Crippen LogP contribution in [0.2, 0.25) is 0 Å². The number of anilines is 1. The SMILES string of the molecule is CCN(CC)S(=O)(=O)c1cc(C(=O)Nc2sccc2C(=O)OC)ccc1OC. The molecule has 1 heterocycles. The molecule has 0 aliphatic rings. The van der Waals surface area contributed by atoms with E-state index in [2.05, 4.69) is 10.1 Å². The van der Waals surface area contributed by atoms with Gasteiger partial charge in [0.1, 0.15) is 15.6 Å². The fourth-order valence-corrected chi connectivity index (χ4v) is 4.98. The largest absolute Gasteiger partial charge is 0.495 e. The highest BCUT2D eigenvalue weighted by Crippen LogP contribution is 2.29. The van der Waals surface area contributed by atoms with Gasteiger partial charge < -0.3 is 14.8 Å². The van der Waals surface area contributed by atoms with Crippen LogP contribution < -0.4 is 10.1 Å². The summed E-state index contributed by atoms with van der Waals surface area (Å²) < 4.78 is 36.9. The number of ether oxygens (including phenoxy) is 2. The van der Waals surface area contributed by atoms with E-state index in [9.17, 15) is 18.0 Å². The van der Waals surface area contributed by atoms with Gasteiger partial charge >= 0.3 is 5.97 Å². The number of amides is 1. The Balaban J connectivity index is 2.41. The minimum absolute atomic E-state index is 0.0919. The lowest BCUT2D eigenvalue weighted by Crippen LogP contribution is -2.31. The number of esters is 1. The van der Waals surface area contributed by atoms with Crippen LogP contribution in [0, 0.1) is 0 Å². The van der Waals surface area contributed by atoms with Crippen molar-refractivity contribution in [2.24, 2.45) is 0 Å². The number of carbonyl (C=O) groups excluding carboxylic acids is 2. The molecule has 10 heteroatoms. The van der Waals surface area contributed by atoms with Crippen LogP contribution in [0.1, 0.15) is 34.6 Å². The summed E-state index contributed by atoms with van der Waals surface area (Å²) in [4.78, 5) is 24.3. The topological polar surface area (TPSA) is 102 Å². The summed E-state index contributed by atoms with van der Waals surface area (Å²) in [5, 5.41) is 4.59. The minimum Gasteiger partial charge on any atom is -0.495 e. The average molecular weight is 427 g/mol. The van der Waals surface area contributed by atoms with E-state index in [1.165, 1.54) is 42.8 Å². The number of sulfonamides is 1. The Morgan fingerprint density at radius 2 is 1.82 bits per heavy atom. The third-order valence-corrected chi connectivity index (χ3v) is 6.95. The summed E-state index contributed by atoms with van der Waals surface area (Å²) in [6.45, 7) is 4.04. The number of benzene rings is 1. The molecule has 8 nitrogen and oxygen atoms in total. The van der Waals surface area contributed by atoms with E-state index in [0.717, 1.165) is 11.3 Å². The van der Waals surface area contributed by atoms with Gasteiger partial charge in [0.25, 0.3) is 5.91 Å². The van der Waals surface area contributed by atoms with Crippen LogP contribution in [-0.4, -0.2) is 51.9 Å². The zero-order valence-corrected chi connectivity index (χ0v) is 17.6. The number of nitrogens with zero attached hydrogens (tertiary/aromatic N) is 1. The van der Waals surface area contributed by atoms with Crippen molar-refractivity contribution < 1.29 is 27.5 Å². The zero-order valence-electron chi connectivity index (χ0n) is 16.0. The Morgan fingerprint density at radius 1 is 1.14 bits per heavy atom. The minimum atomic E-state index is -3.83. The molecular weight excluding hydrogens is 404 g/mol. The molecule has 2 aromatic rings. The van der Waals surface area contributed by atoms with Gasteiger partial charge in [-0.3, -0.25) is 4.79 Å². The van der Waals surface area contributed by atoms with Crippen LogP contribution in [0.5, 0.6) is 5.75 Å². The monoisotopic (exact) mass is 426 g/mol. The van der Waals surface area contributed by atoms with Gasteiger partial charge in [0.15, 0.2) is 0 Å². The molecule has 1 N–H and O–H groups in total. The molecule has 0 saturated carbocycles. The van der Waals surface area contributed by atoms with Gasteiger partial charge in [0.2, 0.25) is 10.0 Å². The van der Waals surface area contributed by atoms with Crippen LogP contribution in [0.25, 0.3) is 0 Å². The van der Waals surface area contributed by atoms with Crippen molar-refractivity contribution in [1.82, 2.24) is 4.31 Å². The number of hydrogen-bond donors (Lipinski definition) is 1. The molecular formula is C18H22N2O6S2. The lowest BCUT2D eigenvalue weighted by molar-refractivity contribution is 0.0602. The van der Waals surface area contributed by atoms with Gasteiger partial charge in [-0.15, -0.1) is 11.3 Å². The van der Waals surface area contributed by atoms with Gasteiger partial charge in [-0.1, -0.05) is 13.8 Å². The highest BCUT2D eigenvalue weighted by atomic mass is 32.2. The van der Waals surface area contributed by atoms with Crippen molar-refractivity contribution in [2.45, 2.75) is 18.7 Å². The second-order valence-electron chi connectivity index (χ2n) is 5.56. The van der Waals surface area contributed by atoms with E-state index in [1.807, 2.05) is 0 Å². The molecule has 28 heavy (non-hydrogen) atoms. The van der Waals surface area contributed by atoms with Crippen LogP contribution in [-0.2, 0) is 14.8 Å². The van der Waals surface area contributed by atoms with Crippen molar-refractivity contribution in [3.05, 3.63) is 40.8 Å². The number of rotatable bonds is 8. The molecule has 1 aromatic heterocycles. The second-order valence-corrected chi connectivity index (χ2v) is 8.39. The summed E-state index contributed by atoms with van der Waals surface area (Å²) >= 11 is 1.16. The Bertz CT molecular complexity index is 964. The van der Waals surface area contributed by atoms with Crippen LogP contribution in [0.15, 0.2) is 34.5 Å². The third kappa shape index (κ3) is 4.34. The maximum atomic E-state index is 12.9. The van der Waals surface area contributed by atoms with Crippen molar-refractivity contribution >= 4 is 38.2 Å². The number of hydrogen-bond acceptors (Lipinski definition) is 7. The lowest BCUT2D eigenvalue weighted by Gasteiger charge is -2.20. The Kier molecular flexibility index (Phi) is 7.17. The van der Waals surface area contributed by atoms with Gasteiger partial charge in [-0.05, 0) is 29.6 Å². The number of methoxy groups -OCH3 is 2. The quantitative estimate of drug-likeness (QED) is 0.651. The molecule has 152 valence electrons. The first kappa shape index (κ1) is 21.9. The normalized spacial score (nSPS) is 11.3. The summed E-state index contributed by atoms with van der Waals surface area (Å²) in [7, 11) is -1.22. The Hall–Kier alpha value is -2.43. The van der Waals surface area contributed by atoms with Gasteiger partial charge in [0, 0.05) is 18.7 Å². The van der Waals surface area contributed by atoms with E-state index in [0.29, 0.717) is 5.00 Å². The molecule has 0 fully saturated rings. The maximum absolute atomic E-state index is 12.9. The van der Waals surface area contributed by atoms with Crippen LogP contribution >= 0.6 is 11.3 Å². The first-order valence-corrected chi connectivity index (χ1v) is 10.8. The van der Waals surface area contributed by atoms with E-state index >= 15 is 0 Å². The smallest absolute Gasteiger partial charge is 0.340 e. The first-order chi connectivity index (χ1) is 13.3. The average Bonchev–Trinajstić information content (AvgIpc) is 3.15. The van der Waals surface area contributed by atoms with Crippen LogP contribution in [0.3, 0.4) is 0 Å². The Morgan fingerprint density at radius 3 is 2.39 bits per heavy atom. The molecule has 0 aliphatic heterocycles. The van der Waals surface area contributed by atoms with Crippen molar-refractivity contribution in [3.8, 4) is 5.75 Å². The van der Waals surface area contributed by atoms with Gasteiger partial charge in [-0.2, -0.15) is 4.31 Å². The summed E-state index contributed by atoms with van der Waals surface area (Å²) in [5.41, 5.74) is 0.348. The highest BCUT2D eigenvalue weighted by molar-refractivity contribution is 7.89. The first-order valence-electron chi connectivity index (χ1n) is 8.45. The predicted octanol–water partition coefficient (Wildman–Crippen LogP) is 2.83. The Labute approximate surface area is 168 Å². The highest BCUT2D eigenvalue weighted by Gasteiger charge is 2.27. The molecule has 0 radical (unpaired) electrons. The standard InChI is InChI=1S/C18H22N2O6S2/c1-5-20(6-2)28(23,24)15-11-12(7-8-14(15)25-3)16(21)19-17-13(9-10-27-17)18(22)26-4/h7-11H,5-6H2,1-4H3,(H,19,21). The molecule has 0 saturated heterocycles. The van der Waals surface area contributed by atoms with Crippen molar-refractivity contribution in [3.63, 3.8) is 0 Å². The van der Waals surface area contributed by atoms with E-state index < -0.39 is 21.9 Å². The fraction of sp³-hybridized carbons (Fsp3) is 0.333. The summed E-state index contributed by atoms with van der Waals surface area (Å²) in [6, 6.07) is 5.70. The number of thiophene rings is 1. The molecule has 0 atom stereocenters. The molecule has 2 rings (SSSR count). The second kappa shape index (κ2) is 9.18. The zero-order chi connectivity index (χ0) is 20.9. The number of nitrogens with one attached hydrogen (secondary N) is 1. The predicted molar refractivity (Wildman–Crippen MR) is 107 cm³/mol. The van der Waals surface area contributed by atoms with E-state index in [1.54, 1.807) is 19.2 Å². The molecule has 1 aromatic carbocycles. The molecule has 0 spiro atoms. The summed E-state index contributed by atoms with van der Waals surface area (Å²) in [5.74, 6) is -0.975. The van der Waals surface area contributed by atoms with Gasteiger partial charge in [0.05, 0.1) is 19.8 Å². The number of carbonyl (C=O) groups is 2. The lowest BCUT2D eigenvalue weighted by atomic mass is 10.2. The van der Waals surface area contributed by atoms with Gasteiger partial charge in [-0.25, -0.2) is 13.2 Å². The van der Waals surface area contributed by atoms with E-state index in [4.69, 9.17) is 4.74 Å². The summed E-state index contributed by atoms with van der Waals surface area (Å²) in [6.07, 6.45) is 0. The molecule has 0 unspecified atom stereocenters. The molecule has 1 amide bonds. The molecule has 0 aliphatic carbocycles.